The van der Waals surface area contributed by atoms with Gasteiger partial charge in [0.25, 0.3) is 4.30 Å². The number of nitrogens with two attached hydrogens (primary N) is 1. The van der Waals surface area contributed by atoms with Crippen LogP contribution in [0.5, 0.6) is 0 Å². The maximum Gasteiger partial charge on any atom is 0.312 e. The summed E-state index contributed by atoms with van der Waals surface area (Å²) < 4.78 is 9.11. The van der Waals surface area contributed by atoms with Gasteiger partial charge in [0.15, 0.2) is 0 Å². The Hall–Kier alpha value is -0.370. The fourth-order valence-corrected chi connectivity index (χ4v) is 2.10. The first kappa shape index (κ1) is 18.6. The van der Waals surface area contributed by atoms with Gasteiger partial charge in [-0.05, 0) is 24.8 Å². The van der Waals surface area contributed by atoms with Gasteiger partial charge in [-0.25, -0.2) is 0 Å². The third-order valence-electron chi connectivity index (χ3n) is 2.50. The summed E-state index contributed by atoms with van der Waals surface area (Å²) >= 11 is 1.77. The summed E-state index contributed by atoms with van der Waals surface area (Å²) in [7, 11) is 0. The Labute approximate surface area is 128 Å². The number of halogens is 1. The van der Waals surface area contributed by atoms with Crippen LogP contribution in [0.25, 0.3) is 0 Å². The zero-order valence-corrected chi connectivity index (χ0v) is 14.2. The van der Waals surface area contributed by atoms with E-state index in [0.717, 1.165) is 6.42 Å². The van der Waals surface area contributed by atoms with E-state index in [9.17, 15) is 9.59 Å². The predicted octanol–water partition coefficient (Wildman–Crippen LogP) is 2.46. The van der Waals surface area contributed by atoms with E-state index in [1.165, 1.54) is 0 Å². The van der Waals surface area contributed by atoms with Crippen molar-refractivity contribution in [1.29, 1.82) is 0 Å². The summed E-state index contributed by atoms with van der Waals surface area (Å²) in [6.45, 7) is 8.06. The van der Waals surface area contributed by atoms with Crippen molar-refractivity contribution in [3.05, 3.63) is 0 Å². The number of alkyl halides is 1. The normalized spacial score (nSPS) is 14.3. The van der Waals surface area contributed by atoms with Crippen LogP contribution in [0.4, 0.5) is 0 Å². The van der Waals surface area contributed by atoms with Crippen LogP contribution in [0.15, 0.2) is 0 Å². The van der Waals surface area contributed by atoms with Crippen LogP contribution < -0.4 is 5.73 Å². The van der Waals surface area contributed by atoms with E-state index in [2.05, 4.69) is 13.8 Å². The molecule has 6 heteroatoms. The van der Waals surface area contributed by atoms with Crippen LogP contribution in [0, 0.1) is 17.8 Å². The predicted molar refractivity (Wildman–Crippen MR) is 81.4 cm³/mol. The Balaban J connectivity index is 4.11. The van der Waals surface area contributed by atoms with Gasteiger partial charge in [0.2, 0.25) is 0 Å². The molecule has 0 amide bonds. The number of rotatable bonds is 8. The summed E-state index contributed by atoms with van der Waals surface area (Å²) in [4.78, 5) is 23.0. The molecule has 0 aliphatic heterocycles. The van der Waals surface area contributed by atoms with Gasteiger partial charge in [-0.2, -0.15) is 0 Å². The highest BCUT2D eigenvalue weighted by Crippen LogP contribution is 2.17. The first-order valence-corrected chi connectivity index (χ1v) is 7.74. The van der Waals surface area contributed by atoms with Crippen molar-refractivity contribution in [3.63, 3.8) is 0 Å². The summed E-state index contributed by atoms with van der Waals surface area (Å²) in [6.07, 6.45) is 1.14. The molecule has 0 spiro atoms. The van der Waals surface area contributed by atoms with Gasteiger partial charge in [0.05, 0.1) is 5.92 Å². The highest BCUT2D eigenvalue weighted by molar-refractivity contribution is 14.1. The molecule has 0 rings (SSSR count). The summed E-state index contributed by atoms with van der Waals surface area (Å²) in [6, 6.07) is 0. The molecule has 0 saturated heterocycles. The maximum absolute atomic E-state index is 11.7. The Kier molecular flexibility index (Phi) is 9.34. The van der Waals surface area contributed by atoms with E-state index in [1.807, 2.05) is 0 Å². The number of carbonyl (C=O) groups excluding carboxylic acids is 2. The van der Waals surface area contributed by atoms with Crippen molar-refractivity contribution in [2.24, 2.45) is 23.5 Å². The minimum Gasteiger partial charge on any atom is -0.416 e. The van der Waals surface area contributed by atoms with Crippen molar-refractivity contribution in [3.8, 4) is 0 Å². The molecule has 1 unspecified atom stereocenters. The van der Waals surface area contributed by atoms with E-state index in [4.69, 9.17) is 15.2 Å². The molecule has 0 aliphatic rings. The van der Waals surface area contributed by atoms with Crippen molar-refractivity contribution < 1.29 is 19.1 Å². The molecule has 0 radical (unpaired) electrons. The average Bonchev–Trinajstić information content (AvgIpc) is 2.26. The molecule has 112 valence electrons. The fourth-order valence-electron chi connectivity index (χ4n) is 1.57. The first-order valence-electron chi connectivity index (χ1n) is 6.50. The lowest BCUT2D eigenvalue weighted by molar-refractivity contribution is -0.173. The quantitative estimate of drug-likeness (QED) is 0.301. The summed E-state index contributed by atoms with van der Waals surface area (Å²) in [5, 5.41) is 0. The highest BCUT2D eigenvalue weighted by Gasteiger charge is 2.20. The smallest absolute Gasteiger partial charge is 0.312 e. The van der Waals surface area contributed by atoms with Gasteiger partial charge in [0.1, 0.15) is 0 Å². The molecule has 0 aromatic carbocycles. The third-order valence-corrected chi connectivity index (χ3v) is 3.01. The van der Waals surface area contributed by atoms with Gasteiger partial charge in [0, 0.05) is 29.0 Å². The molecular weight excluding hydrogens is 361 g/mol. The zero-order valence-electron chi connectivity index (χ0n) is 12.0. The topological polar surface area (TPSA) is 78.6 Å². The Morgan fingerprint density at radius 3 is 2.16 bits per heavy atom. The van der Waals surface area contributed by atoms with Crippen LogP contribution >= 0.6 is 22.6 Å². The molecule has 0 fully saturated rings. The average molecular weight is 385 g/mol. The molecule has 2 atom stereocenters. The lowest BCUT2D eigenvalue weighted by Crippen LogP contribution is -2.25. The van der Waals surface area contributed by atoms with Gasteiger partial charge in [-0.3, -0.25) is 9.59 Å². The van der Waals surface area contributed by atoms with Gasteiger partial charge < -0.3 is 15.2 Å². The Morgan fingerprint density at radius 1 is 1.16 bits per heavy atom. The van der Waals surface area contributed by atoms with Gasteiger partial charge in [-0.15, -0.1) is 0 Å². The summed E-state index contributed by atoms with van der Waals surface area (Å²) in [5.74, 6) is -0.419. The van der Waals surface area contributed by atoms with Gasteiger partial charge in [-0.1, -0.05) is 27.7 Å². The third kappa shape index (κ3) is 9.21. The Bertz CT molecular complexity index is 294. The van der Waals surface area contributed by atoms with E-state index >= 15 is 0 Å². The SMILES string of the molecule is CC(C)C[C@H](CN)CC(=O)OC(I)OC(=O)C(C)C. The second-order valence-electron chi connectivity index (χ2n) is 5.29. The molecule has 0 saturated carbocycles. The molecule has 5 nitrogen and oxygen atoms in total. The van der Waals surface area contributed by atoms with Crippen molar-refractivity contribution >= 4 is 34.5 Å². The van der Waals surface area contributed by atoms with Gasteiger partial charge >= 0.3 is 11.9 Å². The molecule has 0 aromatic rings. The van der Waals surface area contributed by atoms with Crippen molar-refractivity contribution in [1.82, 2.24) is 0 Å². The molecule has 0 aromatic heterocycles. The second kappa shape index (κ2) is 9.52. The number of ether oxygens (including phenoxy) is 2. The lowest BCUT2D eigenvalue weighted by Gasteiger charge is -2.18. The first-order chi connectivity index (χ1) is 8.76. The van der Waals surface area contributed by atoms with E-state index < -0.39 is 4.30 Å². The number of esters is 2. The second-order valence-corrected chi connectivity index (χ2v) is 6.31. The lowest BCUT2D eigenvalue weighted by atomic mass is 9.94. The minimum absolute atomic E-state index is 0.108. The van der Waals surface area contributed by atoms with E-state index in [1.54, 1.807) is 36.4 Å². The standard InChI is InChI=1S/C13H24INO4/c1-8(2)5-10(7-15)6-11(16)18-13(14)19-12(17)9(3)4/h8-10,13H,5-7,15H2,1-4H3/t10-,13?/m0/s1. The van der Waals surface area contributed by atoms with Crippen molar-refractivity contribution in [2.45, 2.75) is 44.8 Å². The summed E-state index contributed by atoms with van der Waals surface area (Å²) in [5.41, 5.74) is 5.63. The molecule has 0 heterocycles. The minimum atomic E-state index is -0.877. The molecule has 2 N–H and O–H groups in total. The van der Waals surface area contributed by atoms with Crippen LogP contribution in [0.1, 0.15) is 40.5 Å². The molecule has 0 bridgehead atoms. The number of carbonyl (C=O) groups is 2. The zero-order chi connectivity index (χ0) is 15.0. The maximum atomic E-state index is 11.7. The Morgan fingerprint density at radius 2 is 1.74 bits per heavy atom. The molecular formula is C13H24INO4. The van der Waals surface area contributed by atoms with Crippen LogP contribution in [-0.4, -0.2) is 22.8 Å². The van der Waals surface area contributed by atoms with Crippen molar-refractivity contribution in [2.75, 3.05) is 6.54 Å². The van der Waals surface area contributed by atoms with E-state index in [-0.39, 0.29) is 30.2 Å². The van der Waals surface area contributed by atoms with Crippen LogP contribution in [0.3, 0.4) is 0 Å². The number of hydrogen-bond acceptors (Lipinski definition) is 5. The van der Waals surface area contributed by atoms with Crippen LogP contribution in [-0.2, 0) is 19.1 Å². The largest absolute Gasteiger partial charge is 0.416 e. The monoisotopic (exact) mass is 385 g/mol. The van der Waals surface area contributed by atoms with Crippen LogP contribution in [0.2, 0.25) is 0 Å². The fraction of sp³-hybridized carbons (Fsp3) is 0.846. The number of hydrogen-bond donors (Lipinski definition) is 1. The molecule has 0 aliphatic carbocycles. The van der Waals surface area contributed by atoms with E-state index in [0.29, 0.717) is 12.5 Å². The highest BCUT2D eigenvalue weighted by atomic mass is 127. The molecule has 19 heavy (non-hydrogen) atoms.